The van der Waals surface area contributed by atoms with Crippen LogP contribution in [0.25, 0.3) is 4.96 Å². The summed E-state index contributed by atoms with van der Waals surface area (Å²) in [6.07, 6.45) is 5.07. The van der Waals surface area contributed by atoms with E-state index < -0.39 is 0 Å². The van der Waals surface area contributed by atoms with Gasteiger partial charge in [0.15, 0.2) is 4.96 Å². The molecule has 0 N–H and O–H groups in total. The molecular weight excluding hydrogens is 294 g/mol. The molecule has 1 aliphatic rings. The van der Waals surface area contributed by atoms with Crippen LogP contribution >= 0.6 is 23.1 Å². The van der Waals surface area contributed by atoms with Crippen LogP contribution in [0, 0.1) is 0 Å². The monoisotopic (exact) mass is 309 g/mol. The summed E-state index contributed by atoms with van der Waals surface area (Å²) in [7, 11) is 0. The summed E-state index contributed by atoms with van der Waals surface area (Å²) in [5, 5.41) is 1.99. The van der Waals surface area contributed by atoms with E-state index in [1.165, 1.54) is 21.9 Å². The number of hydrogen-bond acceptors (Lipinski definition) is 5. The zero-order valence-corrected chi connectivity index (χ0v) is 12.7. The first-order chi connectivity index (χ1) is 9.72. The first-order valence-electron chi connectivity index (χ1n) is 6.60. The van der Waals surface area contributed by atoms with Crippen LogP contribution in [-0.2, 0) is 0 Å². The van der Waals surface area contributed by atoms with Crippen LogP contribution in [0.4, 0.5) is 0 Å². The number of nitrogens with zero attached hydrogens (tertiary/aromatic N) is 3. The van der Waals surface area contributed by atoms with Crippen LogP contribution in [0.2, 0.25) is 0 Å². The van der Waals surface area contributed by atoms with Gasteiger partial charge < -0.3 is 4.90 Å². The van der Waals surface area contributed by atoms with E-state index in [-0.39, 0.29) is 22.4 Å². The molecule has 7 heteroatoms. The quantitative estimate of drug-likeness (QED) is 0.871. The first kappa shape index (κ1) is 13.6. The zero-order valence-electron chi connectivity index (χ0n) is 11.1. The van der Waals surface area contributed by atoms with Gasteiger partial charge in [-0.25, -0.2) is 4.98 Å². The lowest BCUT2D eigenvalue weighted by atomic mass is 10.2. The second-order valence-corrected chi connectivity index (χ2v) is 6.80. The average Bonchev–Trinajstić information content (AvgIpc) is 3.07. The molecule has 0 spiro atoms. The maximum absolute atomic E-state index is 12.6. The maximum atomic E-state index is 12.6. The number of carbonyl (C=O) groups excluding carboxylic acids is 1. The summed E-state index contributed by atoms with van der Waals surface area (Å²) in [4.78, 5) is 31.5. The van der Waals surface area contributed by atoms with Crippen LogP contribution in [0.15, 0.2) is 22.6 Å². The summed E-state index contributed by atoms with van der Waals surface area (Å²) in [5.74, 6) is 0.748. The van der Waals surface area contributed by atoms with E-state index in [0.717, 1.165) is 18.6 Å². The largest absolute Gasteiger partial charge is 0.326 e. The Labute approximate surface area is 124 Å². The Morgan fingerprint density at radius 3 is 3.20 bits per heavy atom. The van der Waals surface area contributed by atoms with E-state index >= 15 is 0 Å². The molecule has 3 heterocycles. The van der Waals surface area contributed by atoms with Crippen molar-refractivity contribution in [2.24, 2.45) is 0 Å². The molecule has 5 nitrogen and oxygen atoms in total. The van der Waals surface area contributed by atoms with Crippen LogP contribution in [-0.4, -0.2) is 37.9 Å². The van der Waals surface area contributed by atoms with Gasteiger partial charge in [-0.1, -0.05) is 13.3 Å². The molecule has 20 heavy (non-hydrogen) atoms. The van der Waals surface area contributed by atoms with Gasteiger partial charge in [0.05, 0.1) is 5.37 Å². The molecule has 0 bridgehead atoms. The minimum absolute atomic E-state index is 0.171. The Bertz CT molecular complexity index is 694. The predicted octanol–water partition coefficient (Wildman–Crippen LogP) is 2.07. The van der Waals surface area contributed by atoms with Crippen molar-refractivity contribution in [1.29, 1.82) is 0 Å². The molecule has 1 aliphatic heterocycles. The lowest BCUT2D eigenvalue weighted by molar-refractivity contribution is 0.0754. The maximum Gasteiger partial charge on any atom is 0.271 e. The highest BCUT2D eigenvalue weighted by molar-refractivity contribution is 8.00. The Hall–Kier alpha value is -1.34. The summed E-state index contributed by atoms with van der Waals surface area (Å²) < 4.78 is 1.44. The minimum Gasteiger partial charge on any atom is -0.326 e. The average molecular weight is 309 g/mol. The zero-order chi connectivity index (χ0) is 14.1. The number of thiazole rings is 1. The highest BCUT2D eigenvalue weighted by atomic mass is 32.2. The number of rotatable bonds is 3. The van der Waals surface area contributed by atoms with Crippen molar-refractivity contribution in [3.8, 4) is 0 Å². The number of thioether (sulfide) groups is 1. The highest BCUT2D eigenvalue weighted by Gasteiger charge is 2.31. The Kier molecular flexibility index (Phi) is 3.80. The fraction of sp³-hybridized carbons (Fsp3) is 0.462. The van der Waals surface area contributed by atoms with Gasteiger partial charge in [0, 0.05) is 30.1 Å². The van der Waals surface area contributed by atoms with Crippen LogP contribution in [0.5, 0.6) is 0 Å². The summed E-state index contributed by atoms with van der Waals surface area (Å²) in [6, 6.07) is 0. The molecule has 0 aromatic carbocycles. The van der Waals surface area contributed by atoms with Gasteiger partial charge in [-0.3, -0.25) is 14.0 Å². The number of carbonyl (C=O) groups is 1. The Balaban J connectivity index is 1.96. The van der Waals surface area contributed by atoms with Gasteiger partial charge in [0.2, 0.25) is 0 Å². The van der Waals surface area contributed by atoms with Crippen molar-refractivity contribution >= 4 is 34.0 Å². The third-order valence-electron chi connectivity index (χ3n) is 3.36. The molecule has 1 amide bonds. The molecule has 0 saturated carbocycles. The fourth-order valence-electron chi connectivity index (χ4n) is 2.37. The molecule has 1 fully saturated rings. The van der Waals surface area contributed by atoms with E-state index in [4.69, 9.17) is 0 Å². The second-order valence-electron chi connectivity index (χ2n) is 4.65. The molecule has 106 valence electrons. The van der Waals surface area contributed by atoms with Gasteiger partial charge >= 0.3 is 0 Å². The molecule has 3 rings (SSSR count). The van der Waals surface area contributed by atoms with Crippen molar-refractivity contribution in [3.05, 3.63) is 33.7 Å². The van der Waals surface area contributed by atoms with Gasteiger partial charge in [-0.05, 0) is 6.42 Å². The third-order valence-corrected chi connectivity index (χ3v) is 5.42. The standard InChI is InChI=1S/C13H15N3O2S2/c1-2-3-10-15(4-6-19-10)11(17)9-8-14-13-16(12(9)18)5-7-20-13/h5,7-8,10H,2-4,6H2,1H3/t10-/m1/s1. The van der Waals surface area contributed by atoms with Crippen LogP contribution in [0.1, 0.15) is 30.1 Å². The molecule has 2 aromatic heterocycles. The SMILES string of the molecule is CCC[C@H]1SCCN1C(=O)c1cnc2sccn2c1=O. The number of hydrogen-bond donors (Lipinski definition) is 0. The van der Waals surface area contributed by atoms with E-state index in [0.29, 0.717) is 11.5 Å². The lowest BCUT2D eigenvalue weighted by Crippen LogP contribution is -2.38. The number of fused-ring (bicyclic) bond motifs is 1. The second kappa shape index (κ2) is 5.57. The Morgan fingerprint density at radius 2 is 2.40 bits per heavy atom. The van der Waals surface area contributed by atoms with Crippen LogP contribution < -0.4 is 5.56 Å². The smallest absolute Gasteiger partial charge is 0.271 e. The molecular formula is C13H15N3O2S2. The van der Waals surface area contributed by atoms with Gasteiger partial charge in [0.1, 0.15) is 5.56 Å². The fourth-order valence-corrected chi connectivity index (χ4v) is 4.40. The normalized spacial score (nSPS) is 18.9. The van der Waals surface area contributed by atoms with Crippen molar-refractivity contribution in [2.45, 2.75) is 25.1 Å². The Morgan fingerprint density at radius 1 is 1.55 bits per heavy atom. The molecule has 1 atom stereocenters. The molecule has 0 radical (unpaired) electrons. The van der Waals surface area contributed by atoms with Crippen molar-refractivity contribution in [1.82, 2.24) is 14.3 Å². The highest BCUT2D eigenvalue weighted by Crippen LogP contribution is 2.28. The lowest BCUT2D eigenvalue weighted by Gasteiger charge is -2.22. The number of amides is 1. The topological polar surface area (TPSA) is 54.7 Å². The summed E-state index contributed by atoms with van der Waals surface area (Å²) in [6.45, 7) is 2.81. The van der Waals surface area contributed by atoms with Crippen molar-refractivity contribution in [2.75, 3.05) is 12.3 Å². The van der Waals surface area contributed by atoms with Gasteiger partial charge in [0.25, 0.3) is 11.5 Å². The predicted molar refractivity (Wildman–Crippen MR) is 81.5 cm³/mol. The van der Waals surface area contributed by atoms with E-state index in [1.807, 2.05) is 4.90 Å². The first-order valence-corrected chi connectivity index (χ1v) is 8.52. The van der Waals surface area contributed by atoms with Crippen molar-refractivity contribution in [3.63, 3.8) is 0 Å². The molecule has 1 saturated heterocycles. The molecule has 0 unspecified atom stereocenters. The summed E-state index contributed by atoms with van der Waals surface area (Å²) >= 11 is 3.17. The van der Waals surface area contributed by atoms with Gasteiger partial charge in [-0.2, -0.15) is 0 Å². The van der Waals surface area contributed by atoms with Crippen LogP contribution in [0.3, 0.4) is 0 Å². The molecule has 2 aromatic rings. The minimum atomic E-state index is -0.270. The van der Waals surface area contributed by atoms with Gasteiger partial charge in [-0.15, -0.1) is 23.1 Å². The van der Waals surface area contributed by atoms with E-state index in [9.17, 15) is 9.59 Å². The van der Waals surface area contributed by atoms with Crippen molar-refractivity contribution < 1.29 is 4.79 Å². The number of aromatic nitrogens is 2. The summed E-state index contributed by atoms with van der Waals surface area (Å²) in [5.41, 5.74) is -0.0992. The third kappa shape index (κ3) is 2.25. The van der Waals surface area contributed by atoms with E-state index in [1.54, 1.807) is 23.3 Å². The van der Waals surface area contributed by atoms with E-state index in [2.05, 4.69) is 11.9 Å². The molecule has 0 aliphatic carbocycles.